The van der Waals surface area contributed by atoms with Crippen molar-refractivity contribution in [2.24, 2.45) is 0 Å². The second-order valence-corrected chi connectivity index (χ2v) is 6.18. The molecule has 0 aliphatic rings. The van der Waals surface area contributed by atoms with Crippen LogP contribution in [0.25, 0.3) is 0 Å². The number of para-hydroxylation sites is 1. The molecular weight excluding hydrogens is 312 g/mol. The van der Waals surface area contributed by atoms with Crippen molar-refractivity contribution < 1.29 is 70.1 Å². The van der Waals surface area contributed by atoms with Crippen LogP contribution in [-0.2, 0) is 25.6 Å². The first-order valence-corrected chi connectivity index (χ1v) is 7.93. The Balaban J connectivity index is 0.00000324. The Hall–Kier alpha value is 0.856. The number of hydrogen-bond acceptors (Lipinski definition) is 5. The monoisotopic (exact) mass is 327 g/mol. The molecule has 1 aromatic rings. The zero-order valence-electron chi connectivity index (χ0n) is 11.2. The van der Waals surface area contributed by atoms with Crippen LogP contribution < -0.4 is 61.2 Å². The van der Waals surface area contributed by atoms with Gasteiger partial charge in [0.25, 0.3) is 5.91 Å². The van der Waals surface area contributed by atoms with E-state index in [0.717, 1.165) is 5.69 Å². The summed E-state index contributed by atoms with van der Waals surface area (Å²) in [5.74, 6) is -0.342. The number of benzene rings is 1. The number of carbonyl (C=O) groups is 1. The minimum atomic E-state index is -3.54. The first-order chi connectivity index (χ1) is 8.46. The van der Waals surface area contributed by atoms with Gasteiger partial charge in [-0.05, 0) is 19.1 Å². The molecule has 0 bridgehead atoms. The SMILES string of the molecule is CCOP([O-])(=S)OCC(=O)N(C)c1ccccc1.[K+]. The average Bonchev–Trinajstić information content (AvgIpc) is 2.36. The second-order valence-electron chi connectivity index (χ2n) is 3.43. The maximum atomic E-state index is 11.8. The Morgan fingerprint density at radius 2 is 1.95 bits per heavy atom. The van der Waals surface area contributed by atoms with Gasteiger partial charge in [-0.3, -0.25) is 4.79 Å². The standard InChI is InChI=1S/C11H16NO4PS.K/c1-3-15-17(14,18)16-9-11(13)12(2)10-7-5-4-6-8-10;/h4-8H,3,9H2,1-2H3,(H,14,18);/q;+1/p-1. The molecule has 0 spiro atoms. The molecule has 0 aliphatic heterocycles. The molecule has 5 nitrogen and oxygen atoms in total. The Bertz CT molecular complexity index is 446. The van der Waals surface area contributed by atoms with E-state index in [1.54, 1.807) is 26.1 Å². The van der Waals surface area contributed by atoms with Gasteiger partial charge in [0.2, 0.25) is 0 Å². The smallest absolute Gasteiger partial charge is 0.780 e. The zero-order chi connectivity index (χ0) is 13.6. The van der Waals surface area contributed by atoms with Gasteiger partial charge in [-0.1, -0.05) is 30.0 Å². The molecule has 0 radical (unpaired) electrons. The van der Waals surface area contributed by atoms with E-state index in [-0.39, 0.29) is 70.5 Å². The van der Waals surface area contributed by atoms with Crippen LogP contribution in [0.2, 0.25) is 0 Å². The zero-order valence-corrected chi connectivity index (χ0v) is 16.1. The minimum Gasteiger partial charge on any atom is -0.780 e. The number of likely N-dealkylation sites (N-methyl/N-ethyl adjacent to an activating group) is 1. The first-order valence-electron chi connectivity index (χ1n) is 5.38. The molecule has 1 amide bonds. The first kappa shape index (κ1) is 19.9. The van der Waals surface area contributed by atoms with Crippen molar-refractivity contribution in [3.63, 3.8) is 0 Å². The van der Waals surface area contributed by atoms with E-state index in [0.29, 0.717) is 0 Å². The van der Waals surface area contributed by atoms with E-state index in [1.165, 1.54) is 4.90 Å². The fraction of sp³-hybridized carbons (Fsp3) is 0.364. The summed E-state index contributed by atoms with van der Waals surface area (Å²) in [5.41, 5.74) is 0.724. The molecule has 1 unspecified atom stereocenters. The molecule has 0 fully saturated rings. The quantitative estimate of drug-likeness (QED) is 0.460. The molecule has 8 heteroatoms. The van der Waals surface area contributed by atoms with Crippen molar-refractivity contribution in [1.82, 2.24) is 0 Å². The number of nitrogens with zero attached hydrogens (tertiary/aromatic N) is 1. The van der Waals surface area contributed by atoms with Gasteiger partial charge < -0.3 is 18.8 Å². The molecule has 1 aromatic carbocycles. The van der Waals surface area contributed by atoms with Gasteiger partial charge in [-0.2, -0.15) is 0 Å². The summed E-state index contributed by atoms with van der Waals surface area (Å²) in [4.78, 5) is 24.7. The normalized spacial score (nSPS) is 13.2. The van der Waals surface area contributed by atoms with Crippen molar-refractivity contribution in [3.8, 4) is 0 Å². The molecule has 0 aromatic heterocycles. The molecule has 100 valence electrons. The van der Waals surface area contributed by atoms with Crippen molar-refractivity contribution in [3.05, 3.63) is 30.3 Å². The van der Waals surface area contributed by atoms with Gasteiger partial charge in [0, 0.05) is 12.7 Å². The number of hydrogen-bond donors (Lipinski definition) is 0. The predicted octanol–water partition coefficient (Wildman–Crippen LogP) is -1.71. The fourth-order valence-corrected chi connectivity index (χ4v) is 2.36. The number of amides is 1. The van der Waals surface area contributed by atoms with Gasteiger partial charge in [-0.15, -0.1) is 0 Å². The average molecular weight is 327 g/mol. The maximum absolute atomic E-state index is 11.8. The summed E-state index contributed by atoms with van der Waals surface area (Å²) in [6, 6.07) is 9.06. The Morgan fingerprint density at radius 3 is 2.47 bits per heavy atom. The topological polar surface area (TPSA) is 61.8 Å². The maximum Gasteiger partial charge on any atom is 1.00 e. The van der Waals surface area contributed by atoms with Crippen LogP contribution in [0.3, 0.4) is 0 Å². The predicted molar refractivity (Wildman–Crippen MR) is 71.7 cm³/mol. The molecule has 19 heavy (non-hydrogen) atoms. The summed E-state index contributed by atoms with van der Waals surface area (Å²) in [6.07, 6.45) is 0. The van der Waals surface area contributed by atoms with Crippen LogP contribution in [0.15, 0.2) is 30.3 Å². The summed E-state index contributed by atoms with van der Waals surface area (Å²) < 4.78 is 9.57. The van der Waals surface area contributed by atoms with Crippen LogP contribution in [0.5, 0.6) is 0 Å². The van der Waals surface area contributed by atoms with Crippen molar-refractivity contribution >= 4 is 30.1 Å². The molecule has 0 heterocycles. The number of carbonyl (C=O) groups excluding carboxylic acids is 1. The van der Waals surface area contributed by atoms with E-state index in [1.807, 2.05) is 18.2 Å². The van der Waals surface area contributed by atoms with E-state index >= 15 is 0 Å². The van der Waals surface area contributed by atoms with E-state index in [2.05, 4.69) is 11.8 Å². The van der Waals surface area contributed by atoms with Gasteiger partial charge in [0.1, 0.15) is 13.3 Å². The van der Waals surface area contributed by atoms with E-state index < -0.39 is 6.72 Å². The summed E-state index contributed by atoms with van der Waals surface area (Å²) >= 11 is 4.60. The third kappa shape index (κ3) is 7.43. The van der Waals surface area contributed by atoms with Crippen molar-refractivity contribution in [2.45, 2.75) is 6.92 Å². The van der Waals surface area contributed by atoms with Crippen LogP contribution in [-0.4, -0.2) is 26.2 Å². The Labute approximate surface area is 161 Å². The molecule has 1 atom stereocenters. The molecule has 1 rings (SSSR count). The second kappa shape index (κ2) is 9.73. The van der Waals surface area contributed by atoms with Gasteiger partial charge in [0.05, 0.1) is 6.61 Å². The van der Waals surface area contributed by atoms with Gasteiger partial charge in [0.15, 0.2) is 0 Å². The minimum absolute atomic E-state index is 0. The van der Waals surface area contributed by atoms with Crippen LogP contribution >= 0.6 is 6.72 Å². The van der Waals surface area contributed by atoms with Crippen LogP contribution in [0.1, 0.15) is 6.92 Å². The Kier molecular flexibility index (Phi) is 10.2. The van der Waals surface area contributed by atoms with Gasteiger partial charge >= 0.3 is 51.4 Å². The molecule has 0 N–H and O–H groups in total. The third-order valence-electron chi connectivity index (χ3n) is 2.15. The molecule has 0 saturated heterocycles. The van der Waals surface area contributed by atoms with Crippen LogP contribution in [0, 0.1) is 0 Å². The van der Waals surface area contributed by atoms with Crippen molar-refractivity contribution in [1.29, 1.82) is 0 Å². The van der Waals surface area contributed by atoms with Gasteiger partial charge in [-0.25, -0.2) is 0 Å². The number of rotatable bonds is 6. The fourth-order valence-electron chi connectivity index (χ4n) is 1.22. The molecular formula is C11H15KNO4PS. The van der Waals surface area contributed by atoms with Crippen LogP contribution in [0.4, 0.5) is 5.69 Å². The Morgan fingerprint density at radius 1 is 1.37 bits per heavy atom. The van der Waals surface area contributed by atoms with E-state index in [4.69, 9.17) is 9.05 Å². The molecule has 0 saturated carbocycles. The molecule has 0 aliphatic carbocycles. The summed E-state index contributed by atoms with van der Waals surface area (Å²) in [6.45, 7) is -2.07. The summed E-state index contributed by atoms with van der Waals surface area (Å²) in [5, 5.41) is 0. The largest absolute Gasteiger partial charge is 1.00 e. The van der Waals surface area contributed by atoms with Crippen molar-refractivity contribution in [2.75, 3.05) is 25.2 Å². The number of anilines is 1. The third-order valence-corrected chi connectivity index (χ3v) is 3.80. The van der Waals surface area contributed by atoms with E-state index in [9.17, 15) is 9.69 Å². The summed E-state index contributed by atoms with van der Waals surface area (Å²) in [7, 11) is 1.61.